The molecule has 1 aromatic heterocycles. The van der Waals surface area contributed by atoms with Crippen molar-refractivity contribution in [1.82, 2.24) is 15.1 Å². The molecule has 2 aliphatic rings. The zero-order valence-corrected chi connectivity index (χ0v) is 23.5. The van der Waals surface area contributed by atoms with Crippen LogP contribution < -0.4 is 20.3 Å². The highest BCUT2D eigenvalue weighted by Gasteiger charge is 2.22. The van der Waals surface area contributed by atoms with Gasteiger partial charge in [0.25, 0.3) is 5.91 Å². The number of halogens is 2. The second-order valence-corrected chi connectivity index (χ2v) is 10.8. The molecule has 0 bridgehead atoms. The summed E-state index contributed by atoms with van der Waals surface area (Å²) in [6, 6.07) is 15.3. The van der Waals surface area contributed by atoms with E-state index >= 15 is 0 Å². The number of hydrogen-bond acceptors (Lipinski definition) is 7. The summed E-state index contributed by atoms with van der Waals surface area (Å²) >= 11 is 0. The van der Waals surface area contributed by atoms with Crippen LogP contribution in [0.5, 0.6) is 5.75 Å². The zero-order valence-electron chi connectivity index (χ0n) is 23.5. The Bertz CT molecular complexity index is 1560. The lowest BCUT2D eigenvalue weighted by atomic mass is 10.1. The molecule has 0 unspecified atom stereocenters. The normalized spacial score (nSPS) is 16.5. The fourth-order valence-electron chi connectivity index (χ4n) is 5.35. The number of aromatic amines is 1. The van der Waals surface area contributed by atoms with Gasteiger partial charge in [-0.15, -0.1) is 0 Å². The van der Waals surface area contributed by atoms with Crippen molar-refractivity contribution in [2.24, 2.45) is 0 Å². The molecule has 42 heavy (non-hydrogen) atoms. The highest BCUT2D eigenvalue weighted by molar-refractivity contribution is 6.11. The van der Waals surface area contributed by atoms with Gasteiger partial charge in [0.2, 0.25) is 0 Å². The van der Waals surface area contributed by atoms with Gasteiger partial charge in [0.1, 0.15) is 12.4 Å². The van der Waals surface area contributed by atoms with E-state index in [0.717, 1.165) is 56.5 Å². The number of fused-ring (bicyclic) bond motifs is 1. The van der Waals surface area contributed by atoms with Crippen LogP contribution in [0.4, 0.5) is 26.0 Å². The molecule has 220 valence electrons. The number of ether oxygens (including phenoxy) is 2. The molecule has 2 aliphatic heterocycles. The fraction of sp³-hybridized carbons (Fsp3) is 0.355. The Morgan fingerprint density at radius 2 is 1.88 bits per heavy atom. The van der Waals surface area contributed by atoms with E-state index in [4.69, 9.17) is 9.47 Å². The number of rotatable bonds is 8. The number of amides is 1. The number of piperazine rings is 1. The number of hydrogen-bond donors (Lipinski definition) is 3. The van der Waals surface area contributed by atoms with Gasteiger partial charge in [-0.3, -0.25) is 9.89 Å². The molecule has 2 fully saturated rings. The number of H-pyrrole nitrogens is 1. The van der Waals surface area contributed by atoms with Gasteiger partial charge in [-0.05, 0) is 62.4 Å². The van der Waals surface area contributed by atoms with Gasteiger partial charge in [0, 0.05) is 67.8 Å². The fourth-order valence-corrected chi connectivity index (χ4v) is 5.35. The predicted octanol–water partition coefficient (Wildman–Crippen LogP) is 5.02. The first-order valence-corrected chi connectivity index (χ1v) is 14.2. The molecule has 3 aromatic carbocycles. The van der Waals surface area contributed by atoms with E-state index in [0.29, 0.717) is 41.2 Å². The number of benzene rings is 3. The second kappa shape index (κ2) is 12.3. The summed E-state index contributed by atoms with van der Waals surface area (Å²) in [4.78, 5) is 18.3. The topological polar surface area (TPSA) is 94.8 Å². The average Bonchev–Trinajstić information content (AvgIpc) is 3.40. The van der Waals surface area contributed by atoms with Gasteiger partial charge < -0.3 is 29.9 Å². The summed E-state index contributed by atoms with van der Waals surface area (Å²) in [6.07, 6.45) is 1.73. The largest absolute Gasteiger partial charge is 0.489 e. The maximum atomic E-state index is 14.1. The minimum absolute atomic E-state index is 0.111. The summed E-state index contributed by atoms with van der Waals surface area (Å²) in [5.41, 5.74) is 3.18. The van der Waals surface area contributed by atoms with Crippen molar-refractivity contribution < 1.29 is 23.0 Å². The molecular formula is C31H34F2N6O3. The van der Waals surface area contributed by atoms with Crippen LogP contribution in [0.1, 0.15) is 28.8 Å². The third kappa shape index (κ3) is 6.17. The molecule has 2 saturated heterocycles. The summed E-state index contributed by atoms with van der Waals surface area (Å²) < 4.78 is 38.9. The van der Waals surface area contributed by atoms with Crippen molar-refractivity contribution in [2.45, 2.75) is 25.5 Å². The second-order valence-electron chi connectivity index (χ2n) is 10.8. The van der Waals surface area contributed by atoms with E-state index in [1.165, 1.54) is 12.1 Å². The third-order valence-electron chi connectivity index (χ3n) is 7.89. The van der Waals surface area contributed by atoms with Crippen molar-refractivity contribution >= 4 is 34.0 Å². The Labute approximate surface area is 242 Å². The van der Waals surface area contributed by atoms with E-state index in [2.05, 4.69) is 43.7 Å². The predicted molar refractivity (Wildman–Crippen MR) is 158 cm³/mol. The van der Waals surface area contributed by atoms with E-state index in [1.807, 2.05) is 12.1 Å². The Hall–Kier alpha value is -4.22. The highest BCUT2D eigenvalue weighted by atomic mass is 19.2. The Balaban J connectivity index is 1.22. The van der Waals surface area contributed by atoms with Crippen LogP contribution in [0, 0.1) is 11.6 Å². The molecule has 3 N–H and O–H groups in total. The maximum absolute atomic E-state index is 14.1. The van der Waals surface area contributed by atoms with Crippen LogP contribution in [0.2, 0.25) is 0 Å². The minimum atomic E-state index is -0.932. The van der Waals surface area contributed by atoms with E-state index < -0.39 is 11.6 Å². The number of carbonyl (C=O) groups excluding carboxylic acids is 1. The first-order chi connectivity index (χ1) is 20.4. The number of carbonyl (C=O) groups is 1. The summed E-state index contributed by atoms with van der Waals surface area (Å²) in [6.45, 7) is 5.05. The molecule has 3 heterocycles. The molecule has 9 nitrogen and oxygen atoms in total. The molecule has 6 rings (SSSR count). The number of anilines is 3. The van der Waals surface area contributed by atoms with Crippen molar-refractivity contribution in [3.63, 3.8) is 0 Å². The molecular weight excluding hydrogens is 542 g/mol. The van der Waals surface area contributed by atoms with Gasteiger partial charge in [-0.25, -0.2) is 8.78 Å². The molecule has 0 saturated carbocycles. The van der Waals surface area contributed by atoms with Crippen molar-refractivity contribution in [1.29, 1.82) is 0 Å². The first kappa shape index (κ1) is 27.9. The Morgan fingerprint density at radius 3 is 2.69 bits per heavy atom. The summed E-state index contributed by atoms with van der Waals surface area (Å²) in [7, 11) is 2.13. The van der Waals surface area contributed by atoms with Gasteiger partial charge in [-0.2, -0.15) is 5.10 Å². The van der Waals surface area contributed by atoms with Crippen LogP contribution in [-0.2, 0) is 11.3 Å². The molecule has 0 aliphatic carbocycles. The number of aromatic nitrogens is 2. The maximum Gasteiger partial charge on any atom is 0.258 e. The average molecular weight is 577 g/mol. The molecule has 1 amide bonds. The standard InChI is InChI=1S/C31H34F2N6O3/c1-38-11-13-39(14-12-38)22-5-7-24(28(17-22)34-21-9-15-41-16-10-21)31(40)35-30-25-18-23(6-8-27(25)36-37-30)42-19-20-3-2-4-26(32)29(20)33/h2-8,17-18,21,34H,9-16,19H2,1H3,(H2,35,36,37,40). The van der Waals surface area contributed by atoms with Gasteiger partial charge in [0.05, 0.1) is 11.1 Å². The third-order valence-corrected chi connectivity index (χ3v) is 7.89. The van der Waals surface area contributed by atoms with Crippen LogP contribution in [-0.4, -0.2) is 73.5 Å². The Morgan fingerprint density at radius 1 is 1.07 bits per heavy atom. The lowest BCUT2D eigenvalue weighted by Crippen LogP contribution is -2.44. The smallest absolute Gasteiger partial charge is 0.258 e. The van der Waals surface area contributed by atoms with Crippen molar-refractivity contribution in [3.05, 3.63) is 77.4 Å². The van der Waals surface area contributed by atoms with Gasteiger partial charge >= 0.3 is 0 Å². The number of nitrogens with one attached hydrogen (secondary N) is 3. The molecule has 4 aromatic rings. The lowest BCUT2D eigenvalue weighted by Gasteiger charge is -2.34. The highest BCUT2D eigenvalue weighted by Crippen LogP contribution is 2.30. The quantitative estimate of drug-likeness (QED) is 0.271. The van der Waals surface area contributed by atoms with Crippen molar-refractivity contribution in [2.75, 3.05) is 62.0 Å². The van der Waals surface area contributed by atoms with Crippen LogP contribution in [0.15, 0.2) is 54.6 Å². The Kier molecular flexibility index (Phi) is 8.20. The van der Waals surface area contributed by atoms with Crippen LogP contribution >= 0.6 is 0 Å². The first-order valence-electron chi connectivity index (χ1n) is 14.2. The van der Waals surface area contributed by atoms with Gasteiger partial charge in [-0.1, -0.05) is 12.1 Å². The molecule has 0 spiro atoms. The lowest BCUT2D eigenvalue weighted by molar-refractivity contribution is 0.0904. The minimum Gasteiger partial charge on any atom is -0.489 e. The van der Waals surface area contributed by atoms with Crippen LogP contribution in [0.3, 0.4) is 0 Å². The SMILES string of the molecule is CN1CCN(c2ccc(C(=O)Nc3n[nH]c4ccc(OCc5cccc(F)c5F)cc34)c(NC3CCOCC3)c2)CC1. The number of likely N-dealkylation sites (N-methyl/N-ethyl adjacent to an activating group) is 1. The van der Waals surface area contributed by atoms with E-state index in [9.17, 15) is 13.6 Å². The summed E-state index contributed by atoms with van der Waals surface area (Å²) in [5, 5.41) is 14.4. The summed E-state index contributed by atoms with van der Waals surface area (Å²) in [5.74, 6) is -1.37. The van der Waals surface area contributed by atoms with E-state index in [1.54, 1.807) is 18.2 Å². The monoisotopic (exact) mass is 576 g/mol. The van der Waals surface area contributed by atoms with E-state index in [-0.39, 0.29) is 24.1 Å². The zero-order chi connectivity index (χ0) is 29.1. The molecule has 11 heteroatoms. The van der Waals surface area contributed by atoms with Crippen LogP contribution in [0.25, 0.3) is 10.9 Å². The molecule has 0 atom stereocenters. The number of nitrogens with zero attached hydrogens (tertiary/aromatic N) is 3. The van der Waals surface area contributed by atoms with Crippen molar-refractivity contribution in [3.8, 4) is 5.75 Å². The molecule has 0 radical (unpaired) electrons. The van der Waals surface area contributed by atoms with Gasteiger partial charge in [0.15, 0.2) is 17.5 Å².